The third-order valence-electron chi connectivity index (χ3n) is 4.05. The van der Waals surface area contributed by atoms with Gasteiger partial charge in [0, 0.05) is 32.3 Å². The molecule has 2 aromatic rings. The van der Waals surface area contributed by atoms with Gasteiger partial charge < -0.3 is 0 Å². The molecule has 1 saturated heterocycles. The number of aryl methyl sites for hydroxylation is 1. The lowest BCUT2D eigenvalue weighted by Crippen LogP contribution is -2.39. The lowest BCUT2D eigenvalue weighted by Gasteiger charge is -2.31. The van der Waals surface area contributed by atoms with Crippen LogP contribution < -0.4 is 0 Å². The number of rotatable bonds is 3. The van der Waals surface area contributed by atoms with Crippen molar-refractivity contribution < 1.29 is 17.2 Å². The highest BCUT2D eigenvalue weighted by Gasteiger charge is 2.35. The number of halogens is 2. The van der Waals surface area contributed by atoms with Gasteiger partial charge in [-0.25, -0.2) is 17.2 Å². The first-order chi connectivity index (χ1) is 10.9. The van der Waals surface area contributed by atoms with Crippen LogP contribution in [0.4, 0.5) is 8.78 Å². The lowest BCUT2D eigenvalue weighted by atomic mass is 9.96. The summed E-state index contributed by atoms with van der Waals surface area (Å²) in [7, 11) is -2.42. The molecule has 2 heterocycles. The third kappa shape index (κ3) is 3.00. The van der Waals surface area contributed by atoms with E-state index in [2.05, 4.69) is 5.10 Å². The van der Waals surface area contributed by atoms with Crippen molar-refractivity contribution in [1.82, 2.24) is 14.1 Å². The Kier molecular flexibility index (Phi) is 4.20. The Morgan fingerprint density at radius 2 is 1.91 bits per heavy atom. The highest BCUT2D eigenvalue weighted by atomic mass is 32.2. The smallest absolute Gasteiger partial charge is 0.248 e. The first-order valence-electron chi connectivity index (χ1n) is 7.33. The van der Waals surface area contributed by atoms with Gasteiger partial charge in [0.15, 0.2) is 4.90 Å². The van der Waals surface area contributed by atoms with Crippen LogP contribution in [0.3, 0.4) is 0 Å². The Bertz CT molecular complexity index is 800. The van der Waals surface area contributed by atoms with Gasteiger partial charge in [0.1, 0.15) is 11.6 Å². The Labute approximate surface area is 133 Å². The zero-order valence-electron chi connectivity index (χ0n) is 12.6. The topological polar surface area (TPSA) is 55.2 Å². The third-order valence-corrected chi connectivity index (χ3v) is 5.97. The van der Waals surface area contributed by atoms with Crippen LogP contribution in [0.2, 0.25) is 0 Å². The average Bonchev–Trinajstić information content (AvgIpc) is 2.94. The van der Waals surface area contributed by atoms with E-state index < -0.39 is 26.6 Å². The molecule has 0 spiro atoms. The first-order valence-corrected chi connectivity index (χ1v) is 8.77. The summed E-state index contributed by atoms with van der Waals surface area (Å²) < 4.78 is 55.8. The second-order valence-electron chi connectivity index (χ2n) is 5.67. The highest BCUT2D eigenvalue weighted by molar-refractivity contribution is 7.89. The average molecular weight is 341 g/mol. The number of hydrogen-bond donors (Lipinski definition) is 0. The molecule has 1 aromatic carbocycles. The highest BCUT2D eigenvalue weighted by Crippen LogP contribution is 2.31. The van der Waals surface area contributed by atoms with E-state index in [0.717, 1.165) is 34.6 Å². The molecule has 0 N–H and O–H groups in total. The number of piperidine rings is 1. The summed E-state index contributed by atoms with van der Waals surface area (Å²) in [5.74, 6) is -2.20. The van der Waals surface area contributed by atoms with Crippen LogP contribution in [0.15, 0.2) is 35.4 Å². The van der Waals surface area contributed by atoms with Crippen LogP contribution >= 0.6 is 0 Å². The molecule has 0 unspecified atom stereocenters. The van der Waals surface area contributed by atoms with Crippen molar-refractivity contribution in [3.05, 3.63) is 47.8 Å². The maximum atomic E-state index is 13.9. The zero-order valence-corrected chi connectivity index (χ0v) is 13.4. The summed E-state index contributed by atoms with van der Waals surface area (Å²) in [6, 6.07) is 4.90. The van der Waals surface area contributed by atoms with Crippen LogP contribution in [0.5, 0.6) is 0 Å². The van der Waals surface area contributed by atoms with Crippen LogP contribution in [0.1, 0.15) is 24.5 Å². The Hall–Kier alpha value is -1.80. The molecule has 124 valence electrons. The fourth-order valence-corrected chi connectivity index (χ4v) is 4.54. The number of hydrogen-bond acceptors (Lipinski definition) is 3. The Morgan fingerprint density at radius 1 is 1.22 bits per heavy atom. The van der Waals surface area contributed by atoms with Crippen molar-refractivity contribution in [3.63, 3.8) is 0 Å². The van der Waals surface area contributed by atoms with Gasteiger partial charge in [-0.15, -0.1) is 0 Å². The van der Waals surface area contributed by atoms with Gasteiger partial charge in [0.2, 0.25) is 10.0 Å². The molecule has 1 aliphatic rings. The Balaban J connectivity index is 1.91. The minimum absolute atomic E-state index is 0.0745. The van der Waals surface area contributed by atoms with Crippen molar-refractivity contribution in [3.8, 4) is 0 Å². The van der Waals surface area contributed by atoms with Crippen molar-refractivity contribution >= 4 is 10.0 Å². The van der Waals surface area contributed by atoms with E-state index in [4.69, 9.17) is 0 Å². The van der Waals surface area contributed by atoms with E-state index in [0.29, 0.717) is 6.42 Å². The molecule has 0 bridgehead atoms. The summed E-state index contributed by atoms with van der Waals surface area (Å²) in [6.07, 6.45) is 3.21. The minimum atomic E-state index is -4.21. The largest absolute Gasteiger partial charge is 0.276 e. The fourth-order valence-electron chi connectivity index (χ4n) is 2.91. The molecule has 0 aliphatic carbocycles. The normalized spacial score (nSPS) is 19.9. The molecule has 1 aromatic heterocycles. The van der Waals surface area contributed by atoms with Gasteiger partial charge in [-0.2, -0.15) is 9.40 Å². The SMILES string of the molecule is Cn1ccc([C@@H]2CCCN(S(=O)(=O)c3c(F)cccc3F)C2)n1. The van der Waals surface area contributed by atoms with Crippen LogP contribution in [0.25, 0.3) is 0 Å². The second-order valence-corrected chi connectivity index (χ2v) is 7.54. The summed E-state index contributed by atoms with van der Waals surface area (Å²) in [5.41, 5.74) is 0.793. The van der Waals surface area contributed by atoms with Crippen molar-refractivity contribution in [1.29, 1.82) is 0 Å². The number of benzene rings is 1. The quantitative estimate of drug-likeness (QED) is 0.860. The second kappa shape index (κ2) is 6.01. The molecule has 5 nitrogen and oxygen atoms in total. The van der Waals surface area contributed by atoms with Crippen LogP contribution in [0, 0.1) is 11.6 Å². The van der Waals surface area contributed by atoms with E-state index in [1.54, 1.807) is 17.9 Å². The fraction of sp³-hybridized carbons (Fsp3) is 0.400. The summed E-state index contributed by atoms with van der Waals surface area (Å²) in [5, 5.41) is 4.31. The molecule has 0 amide bonds. The van der Waals surface area contributed by atoms with Crippen LogP contribution in [-0.4, -0.2) is 35.6 Å². The molecule has 1 aliphatic heterocycles. The molecular formula is C15H17F2N3O2S. The van der Waals surface area contributed by atoms with Gasteiger partial charge in [-0.3, -0.25) is 4.68 Å². The number of sulfonamides is 1. The standard InChI is InChI=1S/C15H17F2N3O2S/c1-19-9-7-14(18-19)11-4-3-8-20(10-11)23(21,22)15-12(16)5-2-6-13(15)17/h2,5-7,9,11H,3-4,8,10H2,1H3/t11-/m1/s1. The summed E-state index contributed by atoms with van der Waals surface area (Å²) >= 11 is 0. The molecule has 8 heteroatoms. The van der Waals surface area contributed by atoms with E-state index in [-0.39, 0.29) is 19.0 Å². The number of nitrogens with zero attached hydrogens (tertiary/aromatic N) is 3. The van der Waals surface area contributed by atoms with E-state index in [9.17, 15) is 17.2 Å². The Morgan fingerprint density at radius 3 is 2.52 bits per heavy atom. The zero-order chi connectivity index (χ0) is 16.6. The molecule has 23 heavy (non-hydrogen) atoms. The van der Waals surface area contributed by atoms with Gasteiger partial charge in [0.25, 0.3) is 0 Å². The molecule has 0 saturated carbocycles. The first kappa shape index (κ1) is 16.1. The van der Waals surface area contributed by atoms with Crippen molar-refractivity contribution in [2.75, 3.05) is 13.1 Å². The molecule has 3 rings (SSSR count). The predicted octanol–water partition coefficient (Wildman–Crippen LogP) is 2.27. The van der Waals surface area contributed by atoms with Crippen LogP contribution in [-0.2, 0) is 17.1 Å². The molecule has 0 radical (unpaired) electrons. The van der Waals surface area contributed by atoms with Crippen molar-refractivity contribution in [2.24, 2.45) is 7.05 Å². The number of aromatic nitrogens is 2. The van der Waals surface area contributed by atoms with E-state index in [1.807, 2.05) is 6.07 Å². The monoisotopic (exact) mass is 341 g/mol. The summed E-state index contributed by atoms with van der Waals surface area (Å²) in [4.78, 5) is -0.873. The molecular weight excluding hydrogens is 324 g/mol. The molecule has 1 fully saturated rings. The maximum Gasteiger partial charge on any atom is 0.248 e. The minimum Gasteiger partial charge on any atom is -0.276 e. The van der Waals surface area contributed by atoms with Gasteiger partial charge in [-0.05, 0) is 31.0 Å². The van der Waals surface area contributed by atoms with Gasteiger partial charge in [-0.1, -0.05) is 6.07 Å². The predicted molar refractivity (Wildman–Crippen MR) is 80.3 cm³/mol. The summed E-state index contributed by atoms with van der Waals surface area (Å²) in [6.45, 7) is 0.423. The molecule has 1 atom stereocenters. The maximum absolute atomic E-state index is 13.9. The van der Waals surface area contributed by atoms with Gasteiger partial charge in [0.05, 0.1) is 5.69 Å². The van der Waals surface area contributed by atoms with E-state index >= 15 is 0 Å². The lowest BCUT2D eigenvalue weighted by molar-refractivity contribution is 0.309. The van der Waals surface area contributed by atoms with E-state index in [1.165, 1.54) is 0 Å². The van der Waals surface area contributed by atoms with Crippen molar-refractivity contribution in [2.45, 2.75) is 23.7 Å². The van der Waals surface area contributed by atoms with Gasteiger partial charge >= 0.3 is 0 Å².